The van der Waals surface area contributed by atoms with Crippen LogP contribution in [0.2, 0.25) is 5.02 Å². The van der Waals surface area contributed by atoms with Crippen LogP contribution in [-0.2, 0) is 14.8 Å². The summed E-state index contributed by atoms with van der Waals surface area (Å²) in [4.78, 5) is 13.7. The highest BCUT2D eigenvalue weighted by atomic mass is 35.5. The highest BCUT2D eigenvalue weighted by Gasteiger charge is 2.57. The lowest BCUT2D eigenvalue weighted by molar-refractivity contribution is -0.150. The van der Waals surface area contributed by atoms with Gasteiger partial charge in [-0.05, 0) is 94.2 Å². The molecule has 1 aromatic rings. The van der Waals surface area contributed by atoms with Crippen molar-refractivity contribution in [1.29, 1.82) is 0 Å². The third-order valence-electron chi connectivity index (χ3n) is 8.39. The summed E-state index contributed by atoms with van der Waals surface area (Å²) in [6.07, 6.45) is 5.60. The number of carbonyl (C=O) groups is 1. The van der Waals surface area contributed by atoms with Gasteiger partial charge in [0.2, 0.25) is 15.9 Å². The molecule has 1 heterocycles. The van der Waals surface area contributed by atoms with Crippen molar-refractivity contribution >= 4 is 27.5 Å². The standard InChI is InChI=1S/C23H31ClN2O4S/c1-14-18(24)5-3-6-19(14)31(29,30)26-8-4-7-22(26,2)21(27)25-20-16-9-15-10-17(20)13-23(28,11-15)12-16/h3,5-6,15-17,20,28H,4,7-13H2,1-2H3,(H,25,27). The zero-order valence-electron chi connectivity index (χ0n) is 18.1. The van der Waals surface area contributed by atoms with Crippen molar-refractivity contribution in [3.63, 3.8) is 0 Å². The largest absolute Gasteiger partial charge is 0.390 e. The van der Waals surface area contributed by atoms with Gasteiger partial charge in [-0.25, -0.2) is 8.42 Å². The third-order valence-corrected chi connectivity index (χ3v) is 11.0. The molecule has 2 N–H and O–H groups in total. The summed E-state index contributed by atoms with van der Waals surface area (Å²) in [5.41, 5.74) is -1.18. The normalized spacial score (nSPS) is 39.7. The Hall–Kier alpha value is -1.15. The maximum Gasteiger partial charge on any atom is 0.244 e. The van der Waals surface area contributed by atoms with Crippen molar-refractivity contribution in [3.8, 4) is 0 Å². The van der Waals surface area contributed by atoms with Gasteiger partial charge in [0.1, 0.15) is 5.54 Å². The molecule has 5 fully saturated rings. The lowest BCUT2D eigenvalue weighted by Crippen LogP contribution is -2.65. The van der Waals surface area contributed by atoms with E-state index in [1.54, 1.807) is 32.0 Å². The SMILES string of the molecule is Cc1c(Cl)cccc1S(=O)(=O)N1CCCC1(C)C(=O)NC1C2CC3CC1CC(O)(C3)C2. The van der Waals surface area contributed by atoms with Crippen LogP contribution in [0.3, 0.4) is 0 Å². The van der Waals surface area contributed by atoms with Crippen molar-refractivity contribution < 1.29 is 18.3 Å². The second-order valence-electron chi connectivity index (χ2n) is 10.5. The van der Waals surface area contributed by atoms with Gasteiger partial charge in [-0.15, -0.1) is 0 Å². The van der Waals surface area contributed by atoms with E-state index in [-0.39, 0.29) is 28.7 Å². The summed E-state index contributed by atoms with van der Waals surface area (Å²) < 4.78 is 28.5. The molecule has 1 saturated heterocycles. The van der Waals surface area contributed by atoms with Crippen LogP contribution in [0.25, 0.3) is 0 Å². The van der Waals surface area contributed by atoms with E-state index in [0.717, 1.165) is 32.1 Å². The van der Waals surface area contributed by atoms with Crippen LogP contribution < -0.4 is 5.32 Å². The number of nitrogens with zero attached hydrogens (tertiary/aromatic N) is 1. The number of aliphatic hydroxyl groups is 1. The van der Waals surface area contributed by atoms with Crippen molar-refractivity contribution in [2.75, 3.05) is 6.54 Å². The molecule has 31 heavy (non-hydrogen) atoms. The molecule has 3 unspecified atom stereocenters. The number of carbonyl (C=O) groups excluding carboxylic acids is 1. The lowest BCUT2D eigenvalue weighted by atomic mass is 9.52. The van der Waals surface area contributed by atoms with Crippen LogP contribution in [0.1, 0.15) is 57.4 Å². The Labute approximate surface area is 189 Å². The summed E-state index contributed by atoms with van der Waals surface area (Å²) in [6, 6.07) is 4.89. The van der Waals surface area contributed by atoms with Gasteiger partial charge < -0.3 is 10.4 Å². The topological polar surface area (TPSA) is 86.7 Å². The molecule has 4 aliphatic carbocycles. The first-order chi connectivity index (χ1) is 14.5. The fraction of sp³-hybridized carbons (Fsp3) is 0.696. The number of rotatable bonds is 4. The second kappa shape index (κ2) is 7.17. The molecule has 8 heteroatoms. The zero-order chi connectivity index (χ0) is 22.2. The Bertz CT molecular complexity index is 1010. The van der Waals surface area contributed by atoms with E-state index in [1.807, 2.05) is 0 Å². The maximum absolute atomic E-state index is 13.6. The van der Waals surface area contributed by atoms with Crippen LogP contribution in [0, 0.1) is 24.7 Å². The minimum atomic E-state index is -3.87. The Balaban J connectivity index is 1.40. The number of amides is 1. The molecule has 0 spiro atoms. The first kappa shape index (κ1) is 21.7. The summed E-state index contributed by atoms with van der Waals surface area (Å²) in [5, 5.41) is 14.5. The average molecular weight is 467 g/mol. The smallest absolute Gasteiger partial charge is 0.244 e. The minimum absolute atomic E-state index is 0.0270. The zero-order valence-corrected chi connectivity index (χ0v) is 19.7. The summed E-state index contributed by atoms with van der Waals surface area (Å²) in [6.45, 7) is 3.76. The molecule has 1 aliphatic heterocycles. The molecular formula is C23H31ClN2O4S. The summed E-state index contributed by atoms with van der Waals surface area (Å²) in [7, 11) is -3.87. The molecule has 0 aromatic heterocycles. The van der Waals surface area contributed by atoms with Gasteiger partial charge in [0.15, 0.2) is 0 Å². The highest BCUT2D eigenvalue weighted by molar-refractivity contribution is 7.89. The number of sulfonamides is 1. The van der Waals surface area contributed by atoms with Gasteiger partial charge in [-0.2, -0.15) is 4.31 Å². The van der Waals surface area contributed by atoms with Crippen molar-refractivity contribution in [3.05, 3.63) is 28.8 Å². The van der Waals surface area contributed by atoms with Gasteiger partial charge in [0.05, 0.1) is 10.5 Å². The number of halogens is 1. The number of hydrogen-bond donors (Lipinski definition) is 2. The quantitative estimate of drug-likeness (QED) is 0.713. The molecule has 1 amide bonds. The summed E-state index contributed by atoms with van der Waals surface area (Å²) in [5.74, 6) is 0.911. The van der Waals surface area contributed by atoms with Crippen molar-refractivity contribution in [2.24, 2.45) is 17.8 Å². The van der Waals surface area contributed by atoms with E-state index in [0.29, 0.717) is 35.9 Å². The molecule has 6 rings (SSSR count). The van der Waals surface area contributed by atoms with Crippen LogP contribution in [0.5, 0.6) is 0 Å². The molecule has 4 bridgehead atoms. The lowest BCUT2D eigenvalue weighted by Gasteiger charge is -2.58. The fourth-order valence-electron chi connectivity index (χ4n) is 7.06. The van der Waals surface area contributed by atoms with Gasteiger partial charge in [-0.1, -0.05) is 17.7 Å². The number of nitrogens with one attached hydrogen (secondary N) is 1. The maximum atomic E-state index is 13.6. The highest BCUT2D eigenvalue weighted by Crippen LogP contribution is 2.55. The molecule has 3 atom stereocenters. The molecule has 6 nitrogen and oxygen atoms in total. The third kappa shape index (κ3) is 3.35. The van der Waals surface area contributed by atoms with Gasteiger partial charge in [-0.3, -0.25) is 4.79 Å². The van der Waals surface area contributed by atoms with Crippen molar-refractivity contribution in [1.82, 2.24) is 9.62 Å². The minimum Gasteiger partial charge on any atom is -0.390 e. The van der Waals surface area contributed by atoms with E-state index in [2.05, 4.69) is 5.32 Å². The Morgan fingerprint density at radius 3 is 2.55 bits per heavy atom. The Kier molecular flexibility index (Phi) is 5.02. The predicted octanol–water partition coefficient (Wildman–Crippen LogP) is 3.25. The monoisotopic (exact) mass is 466 g/mol. The number of benzene rings is 1. The molecule has 4 saturated carbocycles. The van der Waals surface area contributed by atoms with E-state index in [9.17, 15) is 18.3 Å². The fourth-order valence-corrected chi connectivity index (χ4v) is 9.35. The van der Waals surface area contributed by atoms with Gasteiger partial charge in [0, 0.05) is 17.6 Å². The first-order valence-corrected chi connectivity index (χ1v) is 13.2. The number of hydrogen-bond acceptors (Lipinski definition) is 4. The van der Waals surface area contributed by atoms with Crippen LogP contribution >= 0.6 is 11.6 Å². The van der Waals surface area contributed by atoms with Crippen LogP contribution in [0.15, 0.2) is 23.1 Å². The average Bonchev–Trinajstić information content (AvgIpc) is 3.09. The van der Waals surface area contributed by atoms with Crippen LogP contribution in [-0.4, -0.2) is 47.5 Å². The van der Waals surface area contributed by atoms with E-state index < -0.39 is 21.2 Å². The van der Waals surface area contributed by atoms with E-state index >= 15 is 0 Å². The van der Waals surface area contributed by atoms with E-state index in [1.165, 1.54) is 4.31 Å². The van der Waals surface area contributed by atoms with E-state index in [4.69, 9.17) is 11.6 Å². The molecule has 170 valence electrons. The molecule has 0 radical (unpaired) electrons. The Morgan fingerprint density at radius 2 is 1.90 bits per heavy atom. The van der Waals surface area contributed by atoms with Gasteiger partial charge in [0.25, 0.3) is 0 Å². The Morgan fingerprint density at radius 1 is 1.23 bits per heavy atom. The summed E-state index contributed by atoms with van der Waals surface area (Å²) >= 11 is 6.19. The molecular weight excluding hydrogens is 436 g/mol. The second-order valence-corrected chi connectivity index (χ2v) is 12.7. The predicted molar refractivity (Wildman–Crippen MR) is 118 cm³/mol. The van der Waals surface area contributed by atoms with Crippen molar-refractivity contribution in [2.45, 2.75) is 80.9 Å². The molecule has 5 aliphatic rings. The molecule has 1 aromatic carbocycles. The van der Waals surface area contributed by atoms with Crippen LogP contribution in [0.4, 0.5) is 0 Å². The van der Waals surface area contributed by atoms with Gasteiger partial charge >= 0.3 is 0 Å². The first-order valence-electron chi connectivity index (χ1n) is 11.3.